The van der Waals surface area contributed by atoms with E-state index in [0.29, 0.717) is 18.8 Å². The van der Waals surface area contributed by atoms with E-state index in [0.717, 1.165) is 29.2 Å². The Labute approximate surface area is 127 Å². The van der Waals surface area contributed by atoms with Crippen LogP contribution in [-0.4, -0.2) is 17.5 Å². The van der Waals surface area contributed by atoms with Crippen LogP contribution in [0.25, 0.3) is 0 Å². The number of thiazole rings is 1. The number of nitrogens with one attached hydrogen (secondary N) is 1. The molecule has 1 aliphatic heterocycles. The van der Waals surface area contributed by atoms with Crippen LogP contribution in [0, 0.1) is 0 Å². The van der Waals surface area contributed by atoms with E-state index in [4.69, 9.17) is 10.5 Å². The van der Waals surface area contributed by atoms with Crippen molar-refractivity contribution >= 4 is 17.2 Å². The Morgan fingerprint density at radius 2 is 2.33 bits per heavy atom. The number of aromatic nitrogens is 1. The molecule has 0 aliphatic carbocycles. The van der Waals surface area contributed by atoms with Crippen LogP contribution in [0.15, 0.2) is 29.6 Å². The lowest BCUT2D eigenvalue weighted by Gasteiger charge is -2.17. The lowest BCUT2D eigenvalue weighted by atomic mass is 10.0. The quantitative estimate of drug-likeness (QED) is 0.911. The number of carbonyl (C=O) groups excluding carboxylic acids is 1. The summed E-state index contributed by atoms with van der Waals surface area (Å²) in [7, 11) is 0. The number of hydrogen-bond donors (Lipinski definition) is 2. The fourth-order valence-corrected chi connectivity index (χ4v) is 3.07. The highest BCUT2D eigenvalue weighted by atomic mass is 32.1. The highest BCUT2D eigenvalue weighted by molar-refractivity contribution is 7.09. The average Bonchev–Trinajstić information content (AvgIpc) is 2.91. The SMILES string of the molecule is NCc1nc(C(=O)NC2CCCOc3ccccc32)cs1. The fourth-order valence-electron chi connectivity index (χ4n) is 2.42. The maximum absolute atomic E-state index is 12.3. The molecule has 0 saturated heterocycles. The molecule has 3 rings (SSSR count). The number of rotatable bonds is 3. The summed E-state index contributed by atoms with van der Waals surface area (Å²) < 4.78 is 5.71. The third-order valence-corrected chi connectivity index (χ3v) is 4.32. The maximum atomic E-state index is 12.3. The first-order valence-corrected chi connectivity index (χ1v) is 7.83. The van der Waals surface area contributed by atoms with Crippen molar-refractivity contribution in [1.82, 2.24) is 10.3 Å². The number of nitrogens with zero attached hydrogens (tertiary/aromatic N) is 1. The summed E-state index contributed by atoms with van der Waals surface area (Å²) >= 11 is 1.41. The molecule has 0 fully saturated rings. The lowest BCUT2D eigenvalue weighted by Crippen LogP contribution is -2.28. The van der Waals surface area contributed by atoms with Crippen LogP contribution in [0.3, 0.4) is 0 Å². The van der Waals surface area contributed by atoms with Crippen molar-refractivity contribution in [2.45, 2.75) is 25.4 Å². The molecule has 2 heterocycles. The van der Waals surface area contributed by atoms with E-state index in [9.17, 15) is 4.79 Å². The predicted molar refractivity (Wildman–Crippen MR) is 81.4 cm³/mol. The van der Waals surface area contributed by atoms with Gasteiger partial charge in [-0.2, -0.15) is 0 Å². The summed E-state index contributed by atoms with van der Waals surface area (Å²) in [5.74, 6) is 0.689. The molecule has 5 nitrogen and oxygen atoms in total. The first kappa shape index (κ1) is 14.0. The molecule has 1 unspecified atom stereocenters. The molecule has 1 atom stereocenters. The molecule has 3 N–H and O–H groups in total. The number of ether oxygens (including phenoxy) is 1. The summed E-state index contributed by atoms with van der Waals surface area (Å²) in [5, 5.41) is 5.57. The zero-order valence-electron chi connectivity index (χ0n) is 11.5. The Kier molecular flexibility index (Phi) is 4.17. The Hall–Kier alpha value is -1.92. The Balaban J connectivity index is 1.79. The summed E-state index contributed by atoms with van der Waals surface area (Å²) in [5.41, 5.74) is 6.99. The van der Waals surface area contributed by atoms with Gasteiger partial charge in [0.1, 0.15) is 16.5 Å². The van der Waals surface area contributed by atoms with Gasteiger partial charge in [-0.25, -0.2) is 4.98 Å². The van der Waals surface area contributed by atoms with Gasteiger partial charge in [-0.05, 0) is 18.9 Å². The van der Waals surface area contributed by atoms with E-state index < -0.39 is 0 Å². The van der Waals surface area contributed by atoms with Crippen LogP contribution in [0.5, 0.6) is 5.75 Å². The van der Waals surface area contributed by atoms with E-state index in [1.54, 1.807) is 5.38 Å². The Morgan fingerprint density at radius 3 is 3.14 bits per heavy atom. The summed E-state index contributed by atoms with van der Waals surface area (Å²) in [4.78, 5) is 16.5. The van der Waals surface area contributed by atoms with E-state index >= 15 is 0 Å². The van der Waals surface area contributed by atoms with Gasteiger partial charge >= 0.3 is 0 Å². The topological polar surface area (TPSA) is 77.2 Å². The van der Waals surface area contributed by atoms with Crippen LogP contribution < -0.4 is 15.8 Å². The molecule has 1 amide bonds. The molecule has 21 heavy (non-hydrogen) atoms. The number of amides is 1. The Morgan fingerprint density at radius 1 is 1.48 bits per heavy atom. The standard InChI is InChI=1S/C15H17N3O2S/c16-8-14-17-12(9-21-14)15(19)18-11-5-3-7-20-13-6-2-1-4-10(11)13/h1-2,4,6,9,11H,3,5,7-8,16H2,(H,18,19). The number of para-hydroxylation sites is 1. The molecule has 0 saturated carbocycles. The summed E-state index contributed by atoms with van der Waals surface area (Å²) in [6.07, 6.45) is 1.77. The highest BCUT2D eigenvalue weighted by Crippen LogP contribution is 2.31. The van der Waals surface area contributed by atoms with E-state index in [1.807, 2.05) is 24.3 Å². The highest BCUT2D eigenvalue weighted by Gasteiger charge is 2.22. The van der Waals surface area contributed by atoms with Crippen LogP contribution >= 0.6 is 11.3 Å². The number of hydrogen-bond acceptors (Lipinski definition) is 5. The van der Waals surface area contributed by atoms with Gasteiger partial charge in [0, 0.05) is 17.5 Å². The molecule has 0 radical (unpaired) electrons. The third kappa shape index (κ3) is 3.06. The smallest absolute Gasteiger partial charge is 0.271 e. The number of carbonyl (C=O) groups is 1. The zero-order chi connectivity index (χ0) is 14.7. The molecule has 0 spiro atoms. The van der Waals surface area contributed by atoms with E-state index in [2.05, 4.69) is 10.3 Å². The van der Waals surface area contributed by atoms with Gasteiger partial charge < -0.3 is 15.8 Å². The van der Waals surface area contributed by atoms with Gasteiger partial charge in [0.15, 0.2) is 0 Å². The second-order valence-corrected chi connectivity index (χ2v) is 5.83. The van der Waals surface area contributed by atoms with Gasteiger partial charge in [-0.1, -0.05) is 18.2 Å². The number of nitrogens with two attached hydrogens (primary N) is 1. The molecule has 110 valence electrons. The van der Waals surface area contributed by atoms with Crippen molar-refractivity contribution in [3.63, 3.8) is 0 Å². The summed E-state index contributed by atoms with van der Waals surface area (Å²) in [6, 6.07) is 7.80. The van der Waals surface area contributed by atoms with Gasteiger partial charge in [-0.15, -0.1) is 11.3 Å². The van der Waals surface area contributed by atoms with Crippen LogP contribution in [0.1, 0.15) is 39.9 Å². The van der Waals surface area contributed by atoms with Gasteiger partial charge in [0.05, 0.1) is 12.6 Å². The van der Waals surface area contributed by atoms with Crippen LogP contribution in [0.2, 0.25) is 0 Å². The van der Waals surface area contributed by atoms with Gasteiger partial charge in [0.25, 0.3) is 5.91 Å². The molecular formula is C15H17N3O2S. The van der Waals surface area contributed by atoms with Gasteiger partial charge in [-0.3, -0.25) is 4.79 Å². The number of fused-ring (bicyclic) bond motifs is 1. The molecular weight excluding hydrogens is 286 g/mol. The average molecular weight is 303 g/mol. The van der Waals surface area contributed by atoms with Crippen molar-refractivity contribution in [2.24, 2.45) is 5.73 Å². The third-order valence-electron chi connectivity index (χ3n) is 3.45. The van der Waals surface area contributed by atoms with E-state index in [1.165, 1.54) is 11.3 Å². The minimum atomic E-state index is -0.160. The first-order chi connectivity index (χ1) is 10.3. The maximum Gasteiger partial charge on any atom is 0.271 e. The minimum absolute atomic E-state index is 0.0424. The normalized spacial score (nSPS) is 17.5. The zero-order valence-corrected chi connectivity index (χ0v) is 12.4. The Bertz CT molecular complexity index is 641. The van der Waals surface area contributed by atoms with Crippen molar-refractivity contribution < 1.29 is 9.53 Å². The first-order valence-electron chi connectivity index (χ1n) is 6.95. The van der Waals surface area contributed by atoms with Crippen LogP contribution in [-0.2, 0) is 6.54 Å². The van der Waals surface area contributed by atoms with Crippen LogP contribution in [0.4, 0.5) is 0 Å². The fraction of sp³-hybridized carbons (Fsp3) is 0.333. The van der Waals surface area contributed by atoms with Crippen molar-refractivity contribution in [3.05, 3.63) is 45.9 Å². The molecule has 1 aromatic carbocycles. The second-order valence-electron chi connectivity index (χ2n) is 4.89. The summed E-state index contributed by atoms with van der Waals surface area (Å²) in [6.45, 7) is 1.04. The van der Waals surface area contributed by atoms with E-state index in [-0.39, 0.29) is 11.9 Å². The van der Waals surface area contributed by atoms with Crippen molar-refractivity contribution in [1.29, 1.82) is 0 Å². The molecule has 6 heteroatoms. The van der Waals surface area contributed by atoms with Gasteiger partial charge in [0.2, 0.25) is 0 Å². The lowest BCUT2D eigenvalue weighted by molar-refractivity contribution is 0.0930. The molecule has 1 aliphatic rings. The molecule has 1 aromatic heterocycles. The largest absolute Gasteiger partial charge is 0.493 e. The molecule has 0 bridgehead atoms. The number of benzene rings is 1. The van der Waals surface area contributed by atoms with Crippen molar-refractivity contribution in [2.75, 3.05) is 6.61 Å². The monoisotopic (exact) mass is 303 g/mol. The van der Waals surface area contributed by atoms with Crippen molar-refractivity contribution in [3.8, 4) is 5.75 Å². The minimum Gasteiger partial charge on any atom is -0.493 e. The predicted octanol–water partition coefficient (Wildman–Crippen LogP) is 2.25. The molecule has 2 aromatic rings. The second kappa shape index (κ2) is 6.24.